The van der Waals surface area contributed by atoms with Gasteiger partial charge >= 0.3 is 0 Å². The Balaban J connectivity index is 1.99. The summed E-state index contributed by atoms with van der Waals surface area (Å²) in [6.07, 6.45) is 1.64. The van der Waals surface area contributed by atoms with Crippen LogP contribution in [0.5, 0.6) is 0 Å². The fraction of sp³-hybridized carbons (Fsp3) is 0.500. The molecule has 2 rings (SSSR count). The number of rotatable bonds is 4. The van der Waals surface area contributed by atoms with Gasteiger partial charge in [0.2, 0.25) is 5.91 Å². The van der Waals surface area contributed by atoms with Crippen LogP contribution in [0.4, 0.5) is 11.5 Å². The van der Waals surface area contributed by atoms with Gasteiger partial charge in [-0.25, -0.2) is 4.98 Å². The highest BCUT2D eigenvalue weighted by molar-refractivity contribution is 5.80. The summed E-state index contributed by atoms with van der Waals surface area (Å²) in [7, 11) is 0. The normalized spacial score (nSPS) is 19.0. The average Bonchev–Trinajstić information content (AvgIpc) is 2.71. The quantitative estimate of drug-likeness (QED) is 0.656. The lowest BCUT2D eigenvalue weighted by molar-refractivity contribution is -0.385. The van der Waals surface area contributed by atoms with Gasteiger partial charge in [-0.15, -0.1) is 0 Å². The highest BCUT2D eigenvalue weighted by Crippen LogP contribution is 2.19. The summed E-state index contributed by atoms with van der Waals surface area (Å²) in [5, 5.41) is 13.6. The van der Waals surface area contributed by atoms with Crippen LogP contribution in [0.15, 0.2) is 18.3 Å². The second kappa shape index (κ2) is 5.21. The summed E-state index contributed by atoms with van der Waals surface area (Å²) in [4.78, 5) is 27.5. The van der Waals surface area contributed by atoms with E-state index in [2.05, 4.69) is 10.3 Å². The highest BCUT2D eigenvalue weighted by Gasteiger charge is 2.31. The van der Waals surface area contributed by atoms with Crippen LogP contribution in [0, 0.1) is 10.1 Å². The van der Waals surface area contributed by atoms with Crippen molar-refractivity contribution in [2.45, 2.75) is 32.4 Å². The number of hydrogen-bond donors (Lipinski definition) is 1. The number of nitrogens with zero attached hydrogens (tertiary/aromatic N) is 3. The van der Waals surface area contributed by atoms with Crippen molar-refractivity contribution in [1.29, 1.82) is 0 Å². The van der Waals surface area contributed by atoms with Gasteiger partial charge in [-0.2, -0.15) is 0 Å². The van der Waals surface area contributed by atoms with E-state index in [-0.39, 0.29) is 23.7 Å². The van der Waals surface area contributed by atoms with E-state index in [1.165, 1.54) is 12.3 Å². The van der Waals surface area contributed by atoms with Crippen LogP contribution < -0.4 is 5.32 Å². The lowest BCUT2D eigenvalue weighted by Crippen LogP contribution is -2.33. The van der Waals surface area contributed by atoms with Gasteiger partial charge in [0.1, 0.15) is 12.0 Å². The van der Waals surface area contributed by atoms with Crippen molar-refractivity contribution >= 4 is 17.4 Å². The Morgan fingerprint density at radius 3 is 2.74 bits per heavy atom. The van der Waals surface area contributed by atoms with Crippen molar-refractivity contribution in [1.82, 2.24) is 9.88 Å². The molecule has 7 nitrogen and oxygen atoms in total. The number of aromatic nitrogens is 1. The van der Waals surface area contributed by atoms with Gasteiger partial charge in [0.15, 0.2) is 0 Å². The molecule has 0 bridgehead atoms. The Morgan fingerprint density at radius 2 is 2.26 bits per heavy atom. The molecule has 0 aromatic carbocycles. The number of likely N-dealkylation sites (tertiary alicyclic amines) is 1. The molecule has 0 unspecified atom stereocenters. The van der Waals surface area contributed by atoms with Crippen LogP contribution in [-0.2, 0) is 4.79 Å². The second-order valence-electron chi connectivity index (χ2n) is 4.84. The SMILES string of the molecule is CC(C)N1C[C@@H](Nc2ccc([N+](=O)[O-])cn2)CC1=O. The molecule has 102 valence electrons. The largest absolute Gasteiger partial charge is 0.365 e. The lowest BCUT2D eigenvalue weighted by atomic mass is 10.2. The minimum Gasteiger partial charge on any atom is -0.365 e. The number of carbonyl (C=O) groups is 1. The minimum atomic E-state index is -0.490. The first-order valence-electron chi connectivity index (χ1n) is 6.14. The van der Waals surface area contributed by atoms with E-state index in [0.29, 0.717) is 18.8 Å². The van der Waals surface area contributed by atoms with E-state index in [0.717, 1.165) is 0 Å². The van der Waals surface area contributed by atoms with Crippen molar-refractivity contribution in [2.24, 2.45) is 0 Å². The smallest absolute Gasteiger partial charge is 0.287 e. The molecule has 1 N–H and O–H groups in total. The Hall–Kier alpha value is -2.18. The molecule has 7 heteroatoms. The number of anilines is 1. The molecule has 0 saturated carbocycles. The Bertz CT molecular complexity index is 486. The van der Waals surface area contributed by atoms with Crippen LogP contribution in [-0.4, -0.2) is 39.3 Å². The molecule has 2 heterocycles. The number of hydrogen-bond acceptors (Lipinski definition) is 5. The van der Waals surface area contributed by atoms with Gasteiger partial charge in [0, 0.05) is 25.1 Å². The molecule has 0 aliphatic carbocycles. The maximum atomic E-state index is 11.7. The number of nitrogens with one attached hydrogen (secondary N) is 1. The van der Waals surface area contributed by atoms with E-state index >= 15 is 0 Å². The third-order valence-electron chi connectivity index (χ3n) is 3.09. The van der Waals surface area contributed by atoms with Gasteiger partial charge in [-0.05, 0) is 19.9 Å². The van der Waals surface area contributed by atoms with Gasteiger partial charge < -0.3 is 10.2 Å². The molecule has 0 spiro atoms. The maximum Gasteiger partial charge on any atom is 0.287 e. The van der Waals surface area contributed by atoms with Crippen molar-refractivity contribution in [2.75, 3.05) is 11.9 Å². The highest BCUT2D eigenvalue weighted by atomic mass is 16.6. The minimum absolute atomic E-state index is 0.00357. The summed E-state index contributed by atoms with van der Waals surface area (Å²) < 4.78 is 0. The molecule has 1 atom stereocenters. The molecule has 1 aromatic heterocycles. The van der Waals surface area contributed by atoms with Crippen LogP contribution in [0.1, 0.15) is 20.3 Å². The summed E-state index contributed by atoms with van der Waals surface area (Å²) in [5.74, 6) is 0.670. The number of nitro groups is 1. The lowest BCUT2D eigenvalue weighted by Gasteiger charge is -2.21. The predicted molar refractivity (Wildman–Crippen MR) is 69.8 cm³/mol. The molecule has 1 aromatic rings. The molecular weight excluding hydrogens is 248 g/mol. The molecule has 1 saturated heterocycles. The van der Waals surface area contributed by atoms with Gasteiger partial charge in [-0.3, -0.25) is 14.9 Å². The third-order valence-corrected chi connectivity index (χ3v) is 3.09. The number of amides is 1. The molecule has 19 heavy (non-hydrogen) atoms. The summed E-state index contributed by atoms with van der Waals surface area (Å²) in [5.41, 5.74) is -0.0446. The molecule has 1 aliphatic rings. The first-order chi connectivity index (χ1) is 8.97. The number of carbonyl (C=O) groups excluding carboxylic acids is 1. The Kier molecular flexibility index (Phi) is 3.64. The van der Waals surface area contributed by atoms with Crippen LogP contribution >= 0.6 is 0 Å². The van der Waals surface area contributed by atoms with Gasteiger partial charge in [0.25, 0.3) is 5.69 Å². The van der Waals surface area contributed by atoms with Crippen LogP contribution in [0.3, 0.4) is 0 Å². The molecule has 1 amide bonds. The van der Waals surface area contributed by atoms with Crippen molar-refractivity contribution in [3.63, 3.8) is 0 Å². The summed E-state index contributed by atoms with van der Waals surface area (Å²) >= 11 is 0. The zero-order valence-electron chi connectivity index (χ0n) is 10.9. The van der Waals surface area contributed by atoms with E-state index in [1.807, 2.05) is 18.7 Å². The standard InChI is InChI=1S/C12H16N4O3/c1-8(2)15-7-9(5-12(15)17)14-11-4-3-10(6-13-11)16(18)19/h3-4,6,8-9H,5,7H2,1-2H3,(H,13,14)/t9-/m0/s1. The summed E-state index contributed by atoms with van der Waals surface area (Å²) in [6, 6.07) is 3.14. The topological polar surface area (TPSA) is 88.4 Å². The van der Waals surface area contributed by atoms with Gasteiger partial charge in [0.05, 0.1) is 11.0 Å². The molecular formula is C12H16N4O3. The van der Waals surface area contributed by atoms with E-state index in [4.69, 9.17) is 0 Å². The van der Waals surface area contributed by atoms with Crippen molar-refractivity contribution < 1.29 is 9.72 Å². The van der Waals surface area contributed by atoms with E-state index < -0.39 is 4.92 Å². The predicted octanol–water partition coefficient (Wildman–Crippen LogP) is 1.41. The zero-order valence-corrected chi connectivity index (χ0v) is 10.9. The Morgan fingerprint density at radius 1 is 1.53 bits per heavy atom. The fourth-order valence-corrected chi connectivity index (χ4v) is 2.12. The van der Waals surface area contributed by atoms with Crippen LogP contribution in [0.2, 0.25) is 0 Å². The first-order valence-corrected chi connectivity index (χ1v) is 6.14. The van der Waals surface area contributed by atoms with E-state index in [9.17, 15) is 14.9 Å². The monoisotopic (exact) mass is 264 g/mol. The van der Waals surface area contributed by atoms with E-state index in [1.54, 1.807) is 6.07 Å². The first kappa shape index (κ1) is 13.3. The fourth-order valence-electron chi connectivity index (χ4n) is 2.12. The number of pyridine rings is 1. The zero-order chi connectivity index (χ0) is 14.0. The molecule has 1 aliphatic heterocycles. The maximum absolute atomic E-state index is 11.7. The van der Waals surface area contributed by atoms with Crippen LogP contribution in [0.25, 0.3) is 0 Å². The average molecular weight is 264 g/mol. The molecule has 1 fully saturated rings. The molecule has 0 radical (unpaired) electrons. The second-order valence-corrected chi connectivity index (χ2v) is 4.84. The van der Waals surface area contributed by atoms with Gasteiger partial charge in [-0.1, -0.05) is 0 Å². The van der Waals surface area contributed by atoms with Crippen molar-refractivity contribution in [3.8, 4) is 0 Å². The van der Waals surface area contributed by atoms with Crippen molar-refractivity contribution in [3.05, 3.63) is 28.4 Å². The summed E-state index contributed by atoms with van der Waals surface area (Å²) in [6.45, 7) is 4.59. The Labute approximate surface area is 110 Å². The third kappa shape index (κ3) is 2.98.